The second-order valence-corrected chi connectivity index (χ2v) is 7.94. The summed E-state index contributed by atoms with van der Waals surface area (Å²) in [5.41, 5.74) is 3.38. The molecule has 0 saturated carbocycles. The number of rotatable bonds is 2. The fraction of sp³-hybridized carbons (Fsp3) is 0.304. The second-order valence-electron chi connectivity index (χ2n) is 7.94. The lowest BCUT2D eigenvalue weighted by Gasteiger charge is -2.40. The van der Waals surface area contributed by atoms with Crippen molar-refractivity contribution in [1.29, 1.82) is 0 Å². The molecule has 0 N–H and O–H groups in total. The Morgan fingerprint density at radius 3 is 2.79 bits per heavy atom. The van der Waals surface area contributed by atoms with Gasteiger partial charge in [-0.25, -0.2) is 14.4 Å². The molecule has 0 radical (unpaired) electrons. The molecule has 1 amide bonds. The number of piperidine rings is 1. The summed E-state index contributed by atoms with van der Waals surface area (Å²) < 4.78 is 13.5. The van der Waals surface area contributed by atoms with Gasteiger partial charge < -0.3 is 4.90 Å². The molecular formula is C23H21FN4O. The molecule has 2 aliphatic rings. The minimum Gasteiger partial charge on any atom is -0.338 e. The molecule has 1 aromatic carbocycles. The first-order valence-corrected chi connectivity index (χ1v) is 9.96. The number of likely N-dealkylation sites (tertiary alicyclic amines) is 1. The second kappa shape index (κ2) is 7.03. The molecule has 5 rings (SSSR count). The maximum absolute atomic E-state index is 13.5. The maximum Gasteiger partial charge on any atom is 0.255 e. The predicted molar refractivity (Wildman–Crippen MR) is 107 cm³/mol. The van der Waals surface area contributed by atoms with Crippen LogP contribution < -0.4 is 0 Å². The van der Waals surface area contributed by atoms with Crippen LogP contribution in [0.25, 0.3) is 11.4 Å². The van der Waals surface area contributed by atoms with E-state index in [9.17, 15) is 9.18 Å². The lowest BCUT2D eigenvalue weighted by atomic mass is 9.77. The highest BCUT2D eigenvalue weighted by atomic mass is 19.1. The van der Waals surface area contributed by atoms with Crippen LogP contribution in [0.1, 0.15) is 40.9 Å². The van der Waals surface area contributed by atoms with Gasteiger partial charge in [-0.15, -0.1) is 0 Å². The normalized spacial score (nSPS) is 20.7. The number of fused-ring (bicyclic) bond motifs is 2. The Morgan fingerprint density at radius 2 is 1.97 bits per heavy atom. The van der Waals surface area contributed by atoms with Gasteiger partial charge in [0, 0.05) is 36.5 Å². The topological polar surface area (TPSA) is 59.0 Å². The zero-order chi connectivity index (χ0) is 19.8. The molecule has 2 aromatic heterocycles. The van der Waals surface area contributed by atoms with Crippen molar-refractivity contribution in [2.45, 2.75) is 31.1 Å². The van der Waals surface area contributed by atoms with Gasteiger partial charge in [0.2, 0.25) is 0 Å². The fourth-order valence-corrected chi connectivity index (χ4v) is 4.68. The molecule has 3 heterocycles. The van der Waals surface area contributed by atoms with Gasteiger partial charge in [0.15, 0.2) is 5.82 Å². The predicted octanol–water partition coefficient (Wildman–Crippen LogP) is 3.80. The molecule has 1 atom stereocenters. The van der Waals surface area contributed by atoms with E-state index in [0.717, 1.165) is 49.0 Å². The SMILES string of the molecule is O=C(c1cncc(F)c1)N1CCCC2(CCc3cnc(-c4ccccc4)nc32)C1. The number of aromatic nitrogens is 3. The first-order chi connectivity index (χ1) is 14.1. The van der Waals surface area contributed by atoms with Crippen LogP contribution in [-0.2, 0) is 11.8 Å². The summed E-state index contributed by atoms with van der Waals surface area (Å²) in [6, 6.07) is 11.2. The number of carbonyl (C=O) groups is 1. The van der Waals surface area contributed by atoms with Crippen LogP contribution >= 0.6 is 0 Å². The molecule has 1 unspecified atom stereocenters. The molecule has 1 aliphatic carbocycles. The van der Waals surface area contributed by atoms with E-state index < -0.39 is 5.82 Å². The third-order valence-electron chi connectivity index (χ3n) is 6.09. The van der Waals surface area contributed by atoms with E-state index in [-0.39, 0.29) is 11.3 Å². The summed E-state index contributed by atoms with van der Waals surface area (Å²) in [7, 11) is 0. The molecule has 1 fully saturated rings. The first kappa shape index (κ1) is 17.9. The first-order valence-electron chi connectivity index (χ1n) is 9.96. The van der Waals surface area contributed by atoms with Crippen molar-refractivity contribution >= 4 is 5.91 Å². The summed E-state index contributed by atoms with van der Waals surface area (Å²) in [6.45, 7) is 1.27. The Bertz CT molecular complexity index is 1070. The number of nitrogens with zero attached hydrogens (tertiary/aromatic N) is 4. The van der Waals surface area contributed by atoms with Crippen LogP contribution in [0.3, 0.4) is 0 Å². The molecule has 1 spiro atoms. The molecule has 146 valence electrons. The van der Waals surface area contributed by atoms with Gasteiger partial charge in [-0.3, -0.25) is 9.78 Å². The molecule has 1 aliphatic heterocycles. The molecule has 6 heteroatoms. The standard InChI is InChI=1S/C23H21FN4O/c24-19-11-18(12-25-14-19)22(29)28-10-4-8-23(15-28)9-7-17-13-26-21(27-20(17)23)16-5-2-1-3-6-16/h1-3,5-6,11-14H,4,7-10,15H2. The fourth-order valence-electron chi connectivity index (χ4n) is 4.68. The van der Waals surface area contributed by atoms with E-state index in [4.69, 9.17) is 4.98 Å². The lowest BCUT2D eigenvalue weighted by molar-refractivity contribution is 0.0632. The molecule has 0 bridgehead atoms. The molecule has 5 nitrogen and oxygen atoms in total. The van der Waals surface area contributed by atoms with Gasteiger partial charge in [0.1, 0.15) is 5.82 Å². The van der Waals surface area contributed by atoms with Crippen molar-refractivity contribution in [2.24, 2.45) is 0 Å². The Morgan fingerprint density at radius 1 is 1.10 bits per heavy atom. The van der Waals surface area contributed by atoms with Crippen molar-refractivity contribution in [2.75, 3.05) is 13.1 Å². The number of amides is 1. The van der Waals surface area contributed by atoms with Gasteiger partial charge in [-0.05, 0) is 37.3 Å². The van der Waals surface area contributed by atoms with Crippen LogP contribution in [0, 0.1) is 5.82 Å². The van der Waals surface area contributed by atoms with E-state index in [1.165, 1.54) is 17.8 Å². The largest absolute Gasteiger partial charge is 0.338 e. The monoisotopic (exact) mass is 388 g/mol. The van der Waals surface area contributed by atoms with Gasteiger partial charge in [0.25, 0.3) is 5.91 Å². The highest BCUT2D eigenvalue weighted by Gasteiger charge is 2.45. The Hall–Kier alpha value is -3.15. The number of hydrogen-bond acceptors (Lipinski definition) is 4. The zero-order valence-corrected chi connectivity index (χ0v) is 16.0. The minimum absolute atomic E-state index is 0.156. The van der Waals surface area contributed by atoms with Crippen LogP contribution in [0.4, 0.5) is 4.39 Å². The van der Waals surface area contributed by atoms with Crippen molar-refractivity contribution in [3.63, 3.8) is 0 Å². The van der Waals surface area contributed by atoms with E-state index >= 15 is 0 Å². The van der Waals surface area contributed by atoms with Crippen molar-refractivity contribution in [3.8, 4) is 11.4 Å². The van der Waals surface area contributed by atoms with Crippen LogP contribution in [0.15, 0.2) is 55.0 Å². The number of hydrogen-bond donors (Lipinski definition) is 0. The van der Waals surface area contributed by atoms with E-state index in [0.29, 0.717) is 18.7 Å². The van der Waals surface area contributed by atoms with E-state index in [1.54, 1.807) is 0 Å². The number of halogens is 1. The number of pyridine rings is 1. The zero-order valence-electron chi connectivity index (χ0n) is 16.0. The third-order valence-corrected chi connectivity index (χ3v) is 6.09. The quantitative estimate of drug-likeness (QED) is 0.670. The van der Waals surface area contributed by atoms with Gasteiger partial charge in [-0.1, -0.05) is 30.3 Å². The average Bonchev–Trinajstić information content (AvgIpc) is 3.11. The van der Waals surface area contributed by atoms with Crippen LogP contribution in [-0.4, -0.2) is 38.8 Å². The number of benzene rings is 1. The van der Waals surface area contributed by atoms with Crippen LogP contribution in [0.2, 0.25) is 0 Å². The minimum atomic E-state index is -0.492. The van der Waals surface area contributed by atoms with Crippen molar-refractivity contribution in [1.82, 2.24) is 19.9 Å². The van der Waals surface area contributed by atoms with Crippen molar-refractivity contribution in [3.05, 3.63) is 77.6 Å². The Balaban J connectivity index is 1.47. The molecular weight excluding hydrogens is 367 g/mol. The Kier molecular flexibility index (Phi) is 4.34. The smallest absolute Gasteiger partial charge is 0.255 e. The highest BCUT2D eigenvalue weighted by molar-refractivity contribution is 5.94. The molecule has 29 heavy (non-hydrogen) atoms. The van der Waals surface area contributed by atoms with E-state index in [1.807, 2.05) is 41.4 Å². The van der Waals surface area contributed by atoms with Gasteiger partial charge >= 0.3 is 0 Å². The molecule has 3 aromatic rings. The van der Waals surface area contributed by atoms with Gasteiger partial charge in [0.05, 0.1) is 17.5 Å². The van der Waals surface area contributed by atoms with Crippen LogP contribution in [0.5, 0.6) is 0 Å². The lowest BCUT2D eigenvalue weighted by Crippen LogP contribution is -2.48. The average molecular weight is 388 g/mol. The number of aryl methyl sites for hydroxylation is 1. The molecule has 1 saturated heterocycles. The maximum atomic E-state index is 13.5. The Labute approximate surface area is 168 Å². The summed E-state index contributed by atoms with van der Waals surface area (Å²) in [5.74, 6) is 0.0688. The van der Waals surface area contributed by atoms with E-state index in [2.05, 4.69) is 9.97 Å². The number of carbonyl (C=O) groups excluding carboxylic acids is 1. The van der Waals surface area contributed by atoms with Crippen molar-refractivity contribution < 1.29 is 9.18 Å². The summed E-state index contributed by atoms with van der Waals surface area (Å²) in [5, 5.41) is 0. The highest BCUT2D eigenvalue weighted by Crippen LogP contribution is 2.44. The summed E-state index contributed by atoms with van der Waals surface area (Å²) in [6.07, 6.45) is 8.27. The third kappa shape index (κ3) is 3.18. The summed E-state index contributed by atoms with van der Waals surface area (Å²) >= 11 is 0. The van der Waals surface area contributed by atoms with Gasteiger partial charge in [-0.2, -0.15) is 0 Å². The summed E-state index contributed by atoms with van der Waals surface area (Å²) in [4.78, 5) is 28.2.